The zero-order valence-corrected chi connectivity index (χ0v) is 10.8. The van der Waals surface area contributed by atoms with E-state index in [0.29, 0.717) is 5.54 Å². The highest BCUT2D eigenvalue weighted by molar-refractivity contribution is 4.77. The number of likely N-dealkylation sites (tertiary alicyclic amines) is 1. The predicted octanol–water partition coefficient (Wildman–Crippen LogP) is 2.64. The van der Waals surface area contributed by atoms with Crippen LogP contribution < -0.4 is 5.32 Å². The Hall–Kier alpha value is -0.0800. The normalized spacial score (nSPS) is 19.4. The van der Waals surface area contributed by atoms with Crippen LogP contribution in [0.4, 0.5) is 0 Å². The van der Waals surface area contributed by atoms with Gasteiger partial charge in [-0.1, -0.05) is 19.8 Å². The molecule has 1 fully saturated rings. The van der Waals surface area contributed by atoms with Crippen LogP contribution in [0.15, 0.2) is 0 Å². The molecular weight excluding hydrogens is 184 g/mol. The Labute approximate surface area is 95.4 Å². The summed E-state index contributed by atoms with van der Waals surface area (Å²) in [7, 11) is 0. The number of hydrogen-bond acceptors (Lipinski definition) is 2. The summed E-state index contributed by atoms with van der Waals surface area (Å²) in [6, 6.07) is 0. The van der Waals surface area contributed by atoms with E-state index in [0.717, 1.165) is 6.54 Å². The maximum Gasteiger partial charge on any atom is 0.0125 e. The molecule has 90 valence electrons. The number of nitrogens with zero attached hydrogens (tertiary/aromatic N) is 1. The Balaban J connectivity index is 2.09. The zero-order valence-electron chi connectivity index (χ0n) is 10.8. The standard InChI is InChI=1S/C13H28N2/c1-4-8-13(2,3)14-9-12-15-10-6-5-7-11-15/h14H,4-12H2,1-3H3. The maximum atomic E-state index is 3.67. The first-order chi connectivity index (χ1) is 7.14. The molecule has 2 heteroatoms. The Morgan fingerprint density at radius 1 is 1.13 bits per heavy atom. The van der Waals surface area contributed by atoms with Gasteiger partial charge in [-0.2, -0.15) is 0 Å². The molecule has 0 unspecified atom stereocenters. The molecule has 0 aromatic carbocycles. The molecular formula is C13H28N2. The highest BCUT2D eigenvalue weighted by Gasteiger charge is 2.16. The quantitative estimate of drug-likeness (QED) is 0.728. The molecule has 15 heavy (non-hydrogen) atoms. The molecule has 1 heterocycles. The maximum absolute atomic E-state index is 3.67. The van der Waals surface area contributed by atoms with Crippen LogP contribution in [0.3, 0.4) is 0 Å². The average Bonchev–Trinajstić information content (AvgIpc) is 2.19. The van der Waals surface area contributed by atoms with Gasteiger partial charge in [0.2, 0.25) is 0 Å². The largest absolute Gasteiger partial charge is 0.311 e. The minimum absolute atomic E-state index is 0.324. The highest BCUT2D eigenvalue weighted by Crippen LogP contribution is 2.11. The molecule has 0 bridgehead atoms. The first kappa shape index (κ1) is 13.0. The molecule has 0 spiro atoms. The van der Waals surface area contributed by atoms with Gasteiger partial charge in [0.15, 0.2) is 0 Å². The molecule has 1 saturated heterocycles. The molecule has 2 nitrogen and oxygen atoms in total. The van der Waals surface area contributed by atoms with E-state index in [1.165, 1.54) is 51.7 Å². The Morgan fingerprint density at radius 3 is 2.40 bits per heavy atom. The average molecular weight is 212 g/mol. The topological polar surface area (TPSA) is 15.3 Å². The summed E-state index contributed by atoms with van der Waals surface area (Å²) in [5.41, 5.74) is 0.324. The molecule has 0 radical (unpaired) electrons. The smallest absolute Gasteiger partial charge is 0.0125 e. The Kier molecular flexibility index (Phi) is 5.62. The number of nitrogens with one attached hydrogen (secondary N) is 1. The van der Waals surface area contributed by atoms with E-state index in [-0.39, 0.29) is 0 Å². The first-order valence-corrected chi connectivity index (χ1v) is 6.61. The molecule has 0 amide bonds. The van der Waals surface area contributed by atoms with Gasteiger partial charge in [-0.05, 0) is 46.2 Å². The second-order valence-electron chi connectivity index (χ2n) is 5.46. The fourth-order valence-electron chi connectivity index (χ4n) is 2.45. The van der Waals surface area contributed by atoms with Gasteiger partial charge in [-0.3, -0.25) is 0 Å². The van der Waals surface area contributed by atoms with Crippen LogP contribution in [-0.4, -0.2) is 36.6 Å². The lowest BCUT2D eigenvalue weighted by molar-refractivity contribution is 0.218. The van der Waals surface area contributed by atoms with Crippen molar-refractivity contribution in [2.45, 2.75) is 58.4 Å². The fraction of sp³-hybridized carbons (Fsp3) is 1.00. The van der Waals surface area contributed by atoms with E-state index in [1.807, 2.05) is 0 Å². The van der Waals surface area contributed by atoms with Crippen LogP contribution in [0, 0.1) is 0 Å². The minimum atomic E-state index is 0.324. The fourth-order valence-corrected chi connectivity index (χ4v) is 2.45. The lowest BCUT2D eigenvalue weighted by Crippen LogP contribution is -2.44. The van der Waals surface area contributed by atoms with Crippen LogP contribution in [-0.2, 0) is 0 Å². The van der Waals surface area contributed by atoms with Crippen LogP contribution in [0.5, 0.6) is 0 Å². The van der Waals surface area contributed by atoms with Gasteiger partial charge in [-0.15, -0.1) is 0 Å². The molecule has 1 rings (SSSR count). The van der Waals surface area contributed by atoms with Crippen LogP contribution in [0.1, 0.15) is 52.9 Å². The van der Waals surface area contributed by atoms with Crippen molar-refractivity contribution >= 4 is 0 Å². The van der Waals surface area contributed by atoms with Crippen molar-refractivity contribution in [3.8, 4) is 0 Å². The first-order valence-electron chi connectivity index (χ1n) is 6.61. The monoisotopic (exact) mass is 212 g/mol. The molecule has 0 atom stereocenters. The van der Waals surface area contributed by atoms with Gasteiger partial charge in [0.05, 0.1) is 0 Å². The molecule has 0 aromatic rings. The number of piperidine rings is 1. The summed E-state index contributed by atoms with van der Waals surface area (Å²) in [4.78, 5) is 2.60. The molecule has 1 aliphatic rings. The van der Waals surface area contributed by atoms with Crippen molar-refractivity contribution in [2.75, 3.05) is 26.2 Å². The van der Waals surface area contributed by atoms with Crippen molar-refractivity contribution < 1.29 is 0 Å². The third-order valence-electron chi connectivity index (χ3n) is 3.36. The van der Waals surface area contributed by atoms with Crippen molar-refractivity contribution in [1.29, 1.82) is 0 Å². The summed E-state index contributed by atoms with van der Waals surface area (Å²) in [6.07, 6.45) is 6.78. The van der Waals surface area contributed by atoms with E-state index < -0.39 is 0 Å². The SMILES string of the molecule is CCCC(C)(C)NCCN1CCCCC1. The third-order valence-corrected chi connectivity index (χ3v) is 3.36. The number of hydrogen-bond donors (Lipinski definition) is 1. The Bertz CT molecular complexity index is 160. The molecule has 0 aliphatic carbocycles. The van der Waals surface area contributed by atoms with Crippen molar-refractivity contribution in [1.82, 2.24) is 10.2 Å². The summed E-state index contributed by atoms with van der Waals surface area (Å²) in [5, 5.41) is 3.67. The van der Waals surface area contributed by atoms with Crippen molar-refractivity contribution in [2.24, 2.45) is 0 Å². The van der Waals surface area contributed by atoms with Gasteiger partial charge >= 0.3 is 0 Å². The lowest BCUT2D eigenvalue weighted by Gasteiger charge is -2.30. The van der Waals surface area contributed by atoms with Crippen LogP contribution in [0.25, 0.3) is 0 Å². The van der Waals surface area contributed by atoms with Gasteiger partial charge in [0.25, 0.3) is 0 Å². The predicted molar refractivity (Wildman–Crippen MR) is 67.3 cm³/mol. The Morgan fingerprint density at radius 2 is 1.80 bits per heavy atom. The summed E-state index contributed by atoms with van der Waals surface area (Å²) >= 11 is 0. The molecule has 1 N–H and O–H groups in total. The van der Waals surface area contributed by atoms with Gasteiger partial charge in [-0.25, -0.2) is 0 Å². The van der Waals surface area contributed by atoms with Crippen LogP contribution in [0.2, 0.25) is 0 Å². The molecule has 0 saturated carbocycles. The summed E-state index contributed by atoms with van der Waals surface area (Å²) < 4.78 is 0. The number of rotatable bonds is 6. The van der Waals surface area contributed by atoms with E-state index in [1.54, 1.807) is 0 Å². The zero-order chi connectivity index (χ0) is 11.1. The van der Waals surface area contributed by atoms with Crippen molar-refractivity contribution in [3.05, 3.63) is 0 Å². The highest BCUT2D eigenvalue weighted by atomic mass is 15.1. The van der Waals surface area contributed by atoms with E-state index in [9.17, 15) is 0 Å². The van der Waals surface area contributed by atoms with Gasteiger partial charge in [0.1, 0.15) is 0 Å². The van der Waals surface area contributed by atoms with E-state index in [4.69, 9.17) is 0 Å². The molecule has 0 aromatic heterocycles. The van der Waals surface area contributed by atoms with E-state index >= 15 is 0 Å². The second-order valence-corrected chi connectivity index (χ2v) is 5.46. The minimum Gasteiger partial charge on any atom is -0.311 e. The van der Waals surface area contributed by atoms with Gasteiger partial charge < -0.3 is 10.2 Å². The van der Waals surface area contributed by atoms with Crippen molar-refractivity contribution in [3.63, 3.8) is 0 Å². The lowest BCUT2D eigenvalue weighted by atomic mass is 9.99. The molecule has 1 aliphatic heterocycles. The summed E-state index contributed by atoms with van der Waals surface area (Å²) in [5.74, 6) is 0. The van der Waals surface area contributed by atoms with Crippen LogP contribution >= 0.6 is 0 Å². The second kappa shape index (κ2) is 6.49. The van der Waals surface area contributed by atoms with E-state index in [2.05, 4.69) is 31.0 Å². The van der Waals surface area contributed by atoms with Gasteiger partial charge in [0, 0.05) is 18.6 Å². The third kappa shape index (κ3) is 5.53. The summed E-state index contributed by atoms with van der Waals surface area (Å²) in [6.45, 7) is 11.9.